The van der Waals surface area contributed by atoms with Crippen molar-refractivity contribution in [3.63, 3.8) is 0 Å². The Morgan fingerprint density at radius 2 is 2.11 bits per heavy atom. The molecule has 0 bridgehead atoms. The Labute approximate surface area is 168 Å². The van der Waals surface area contributed by atoms with Crippen molar-refractivity contribution in [3.8, 4) is 5.75 Å². The van der Waals surface area contributed by atoms with E-state index in [9.17, 15) is 12.8 Å². The Morgan fingerprint density at radius 1 is 1.43 bits per heavy atom. The van der Waals surface area contributed by atoms with Gasteiger partial charge in [0.2, 0.25) is 10.0 Å². The summed E-state index contributed by atoms with van der Waals surface area (Å²) >= 11 is 6.07. The largest absolute Gasteiger partial charge is 0.495 e. The zero-order valence-corrected chi connectivity index (χ0v) is 17.1. The molecule has 0 aliphatic rings. The first kappa shape index (κ1) is 21.9. The van der Waals surface area contributed by atoms with Crippen LogP contribution in [0.25, 0.3) is 0 Å². The number of ether oxygens (including phenoxy) is 1. The van der Waals surface area contributed by atoms with Crippen molar-refractivity contribution >= 4 is 38.7 Å². The topological polar surface area (TPSA) is 121 Å². The van der Waals surface area contributed by atoms with Crippen LogP contribution in [-0.2, 0) is 10.0 Å². The first-order valence-electron chi connectivity index (χ1n) is 8.15. The molecule has 0 unspecified atom stereocenters. The van der Waals surface area contributed by atoms with Gasteiger partial charge >= 0.3 is 0 Å². The highest BCUT2D eigenvalue weighted by Gasteiger charge is 2.23. The zero-order chi connectivity index (χ0) is 21.1. The second-order valence-electron chi connectivity index (χ2n) is 6.17. The van der Waals surface area contributed by atoms with E-state index in [-0.39, 0.29) is 28.7 Å². The van der Waals surface area contributed by atoms with Gasteiger partial charge in [0, 0.05) is 11.8 Å². The van der Waals surface area contributed by atoms with Gasteiger partial charge in [0.05, 0.1) is 41.5 Å². The lowest BCUT2D eigenvalue weighted by atomic mass is 10.1. The molecule has 0 saturated carbocycles. The van der Waals surface area contributed by atoms with Crippen LogP contribution in [0.4, 0.5) is 15.8 Å². The van der Waals surface area contributed by atoms with Gasteiger partial charge in [0.15, 0.2) is 5.82 Å². The summed E-state index contributed by atoms with van der Waals surface area (Å²) in [4.78, 5) is 3.96. The van der Waals surface area contributed by atoms with Gasteiger partial charge in [-0.05, 0) is 32.0 Å². The molecule has 0 fully saturated rings. The number of hydrogen-bond acceptors (Lipinski definition) is 7. The number of nitrogens with zero attached hydrogens (tertiary/aromatic N) is 2. The van der Waals surface area contributed by atoms with Crippen LogP contribution >= 0.6 is 11.6 Å². The Kier molecular flexibility index (Phi) is 6.81. The molecule has 4 N–H and O–H groups in total. The Bertz CT molecular complexity index is 985. The Morgan fingerprint density at radius 3 is 2.71 bits per heavy atom. The number of methoxy groups -OCH3 is 1. The minimum Gasteiger partial charge on any atom is -0.495 e. The smallest absolute Gasteiger partial charge is 0.235 e. The van der Waals surface area contributed by atoms with E-state index >= 15 is 0 Å². The monoisotopic (exact) mass is 429 g/mol. The van der Waals surface area contributed by atoms with Gasteiger partial charge in [0.25, 0.3) is 0 Å². The number of nitrogens with one attached hydrogen (secondary N) is 2. The van der Waals surface area contributed by atoms with E-state index in [2.05, 4.69) is 9.71 Å². The van der Waals surface area contributed by atoms with Crippen LogP contribution in [-0.4, -0.2) is 38.0 Å². The van der Waals surface area contributed by atoms with Crippen molar-refractivity contribution in [2.24, 2.45) is 5.84 Å². The second-order valence-corrected chi connectivity index (χ2v) is 8.82. The molecule has 0 spiro atoms. The molecule has 1 aromatic heterocycles. The predicted octanol–water partition coefficient (Wildman–Crippen LogP) is 2.78. The van der Waals surface area contributed by atoms with Gasteiger partial charge in [-0.15, -0.1) is 0 Å². The van der Waals surface area contributed by atoms with Crippen molar-refractivity contribution in [1.82, 2.24) is 4.98 Å². The van der Waals surface area contributed by atoms with Gasteiger partial charge in [-0.2, -0.15) is 0 Å². The number of anilines is 2. The number of hydrogen-bond donors (Lipinski definition) is 3. The summed E-state index contributed by atoms with van der Waals surface area (Å²) < 4.78 is 46.2. The average molecular weight is 430 g/mol. The fourth-order valence-electron chi connectivity index (χ4n) is 2.19. The Balaban J connectivity index is 2.30. The lowest BCUT2D eigenvalue weighted by Gasteiger charge is -2.23. The highest BCUT2D eigenvalue weighted by atomic mass is 35.5. The molecule has 28 heavy (non-hydrogen) atoms. The standard InChI is InChI=1S/C17H21ClFN5O3S/c1-10(2)28(25,26)23-15-5-4-13(18)17(16(15)19)24(21)9-14(20)11-6-12(27-3)8-22-7-11/h4-8,10,20,23H,9,21H2,1-3H3. The summed E-state index contributed by atoms with van der Waals surface area (Å²) in [6.45, 7) is 2.73. The third-order valence-electron chi connectivity index (χ3n) is 3.85. The molecule has 0 radical (unpaired) electrons. The fourth-order valence-corrected chi connectivity index (χ4v) is 3.14. The number of aromatic nitrogens is 1. The highest BCUT2D eigenvalue weighted by molar-refractivity contribution is 7.93. The summed E-state index contributed by atoms with van der Waals surface area (Å²) in [7, 11) is -2.29. The molecular weight excluding hydrogens is 409 g/mol. The van der Waals surface area contributed by atoms with Crippen LogP contribution in [0.15, 0.2) is 30.6 Å². The van der Waals surface area contributed by atoms with E-state index in [0.717, 1.165) is 5.01 Å². The normalized spacial score (nSPS) is 11.4. The average Bonchev–Trinajstić information content (AvgIpc) is 2.64. The fraction of sp³-hybridized carbons (Fsp3) is 0.294. The summed E-state index contributed by atoms with van der Waals surface area (Å²) in [5.41, 5.74) is -0.0371. The van der Waals surface area contributed by atoms with Crippen LogP contribution in [0.2, 0.25) is 5.02 Å². The quantitative estimate of drug-likeness (QED) is 0.337. The molecule has 0 aliphatic carbocycles. The summed E-state index contributed by atoms with van der Waals surface area (Å²) in [5.74, 6) is 5.46. The number of rotatable bonds is 8. The number of benzene rings is 1. The molecule has 0 atom stereocenters. The molecule has 1 aromatic carbocycles. The maximum absolute atomic E-state index is 14.9. The van der Waals surface area contributed by atoms with Crippen molar-refractivity contribution < 1.29 is 17.5 Å². The van der Waals surface area contributed by atoms with Crippen molar-refractivity contribution in [2.75, 3.05) is 23.4 Å². The lowest BCUT2D eigenvalue weighted by Crippen LogP contribution is -2.37. The van der Waals surface area contributed by atoms with E-state index in [1.54, 1.807) is 6.07 Å². The van der Waals surface area contributed by atoms with Gasteiger partial charge in [-0.25, -0.2) is 18.7 Å². The van der Waals surface area contributed by atoms with Crippen molar-refractivity contribution in [3.05, 3.63) is 47.0 Å². The SMILES string of the molecule is COc1cncc(C(=N)CN(N)c2c(Cl)ccc(NS(=O)(=O)C(C)C)c2F)c1. The molecule has 11 heteroatoms. The number of nitrogens with two attached hydrogens (primary N) is 1. The van der Waals surface area contributed by atoms with Crippen LogP contribution in [0.3, 0.4) is 0 Å². The molecule has 2 aromatic rings. The van der Waals surface area contributed by atoms with Crippen LogP contribution in [0.1, 0.15) is 19.4 Å². The highest BCUT2D eigenvalue weighted by Crippen LogP contribution is 2.33. The Hall–Kier alpha value is -2.43. The number of sulfonamides is 1. The molecule has 0 saturated heterocycles. The van der Waals surface area contributed by atoms with Gasteiger partial charge in [-0.1, -0.05) is 11.6 Å². The second kappa shape index (κ2) is 8.72. The first-order valence-corrected chi connectivity index (χ1v) is 10.1. The van der Waals surface area contributed by atoms with E-state index in [1.807, 2.05) is 0 Å². The third kappa shape index (κ3) is 4.89. The molecule has 8 nitrogen and oxygen atoms in total. The molecule has 2 rings (SSSR count). The van der Waals surface area contributed by atoms with Crippen molar-refractivity contribution in [1.29, 1.82) is 5.41 Å². The molecule has 0 aliphatic heterocycles. The summed E-state index contributed by atoms with van der Waals surface area (Å²) in [6.07, 6.45) is 2.93. The first-order chi connectivity index (χ1) is 13.1. The van der Waals surface area contributed by atoms with E-state index < -0.39 is 21.1 Å². The maximum Gasteiger partial charge on any atom is 0.235 e. The van der Waals surface area contributed by atoms with Crippen LogP contribution in [0.5, 0.6) is 5.75 Å². The predicted molar refractivity (Wildman–Crippen MR) is 108 cm³/mol. The van der Waals surface area contributed by atoms with Gasteiger partial charge < -0.3 is 15.2 Å². The van der Waals surface area contributed by atoms with Crippen molar-refractivity contribution in [2.45, 2.75) is 19.1 Å². The number of pyridine rings is 1. The maximum atomic E-state index is 14.9. The van der Waals surface area contributed by atoms with Crippen LogP contribution < -0.4 is 20.3 Å². The minimum atomic E-state index is -3.76. The zero-order valence-electron chi connectivity index (χ0n) is 15.5. The number of hydrazine groups is 1. The molecule has 0 amide bonds. The summed E-state index contributed by atoms with van der Waals surface area (Å²) in [5, 5.41) is 8.34. The van der Waals surface area contributed by atoms with E-state index in [1.165, 1.54) is 45.5 Å². The van der Waals surface area contributed by atoms with E-state index in [4.69, 9.17) is 27.6 Å². The number of halogens is 2. The molecule has 1 heterocycles. The summed E-state index contributed by atoms with van der Waals surface area (Å²) in [6, 6.07) is 4.13. The molecular formula is C17H21ClFN5O3S. The van der Waals surface area contributed by atoms with E-state index in [0.29, 0.717) is 11.3 Å². The molecule has 152 valence electrons. The lowest BCUT2D eigenvalue weighted by molar-refractivity contribution is 0.413. The van der Waals surface area contributed by atoms with Crippen LogP contribution in [0, 0.1) is 11.2 Å². The third-order valence-corrected chi connectivity index (χ3v) is 5.90. The van der Waals surface area contributed by atoms with Gasteiger partial charge in [-0.3, -0.25) is 9.71 Å². The minimum absolute atomic E-state index is 0.0240. The van der Waals surface area contributed by atoms with Gasteiger partial charge in [0.1, 0.15) is 11.4 Å².